The van der Waals surface area contributed by atoms with Gasteiger partial charge in [-0.2, -0.15) is 16.8 Å². The second kappa shape index (κ2) is 21.0. The van der Waals surface area contributed by atoms with Crippen molar-refractivity contribution in [2.24, 2.45) is 0 Å². The molecule has 402 valence electrons. The van der Waals surface area contributed by atoms with Crippen LogP contribution < -0.4 is 0 Å². The fraction of sp³-hybridized carbons (Fsp3) is 0.429. The Morgan fingerprint density at radius 1 is 0.324 bits per heavy atom. The maximum atomic E-state index is 17.3. The van der Waals surface area contributed by atoms with Gasteiger partial charge in [0.1, 0.15) is 0 Å². The molecule has 0 aliphatic rings. The van der Waals surface area contributed by atoms with Gasteiger partial charge in [0.15, 0.2) is 0 Å². The average Bonchev–Trinajstić information content (AvgIpc) is 3.30. The van der Waals surface area contributed by atoms with Crippen LogP contribution in [0.15, 0.2) is 175 Å². The van der Waals surface area contributed by atoms with Gasteiger partial charge in [-0.15, -0.1) is 0 Å². The predicted octanol–water partition coefficient (Wildman–Crippen LogP) is 17.9. The zero-order valence-corrected chi connectivity index (χ0v) is 50.6. The molecule has 6 rings (SSSR count). The molecule has 0 saturated carbocycles. The number of benzene rings is 6. The minimum Gasteiger partial charge on any atom is -0.227 e. The summed E-state index contributed by atoms with van der Waals surface area (Å²) < 4.78 is 90.4. The third kappa shape index (κ3) is 13.1. The highest BCUT2D eigenvalue weighted by molar-refractivity contribution is 8.33. The molecule has 0 saturated heterocycles. The lowest BCUT2D eigenvalue weighted by Gasteiger charge is -2.41. The molecule has 0 radical (unpaired) electrons. The van der Waals surface area contributed by atoms with Crippen molar-refractivity contribution in [3.05, 3.63) is 179 Å². The Kier molecular flexibility index (Phi) is 16.7. The molecule has 0 heterocycles. The molecule has 0 fully saturated rings. The van der Waals surface area contributed by atoms with E-state index in [0.29, 0.717) is 29.4 Å². The van der Waals surface area contributed by atoms with Crippen LogP contribution >= 0.6 is 20.6 Å². The highest BCUT2D eigenvalue weighted by Crippen LogP contribution is 2.72. The molecule has 0 aliphatic heterocycles. The number of hydrogen-bond acceptors (Lipinski definition) is 6. The van der Waals surface area contributed by atoms with E-state index in [0.717, 1.165) is 33.4 Å². The Morgan fingerprint density at radius 3 is 0.676 bits per heavy atom. The number of rotatable bonds is 14. The summed E-state index contributed by atoms with van der Waals surface area (Å²) in [5.41, 5.74) is 2.22. The molecule has 1 unspecified atom stereocenters. The Morgan fingerprint density at radius 2 is 0.500 bits per heavy atom. The van der Waals surface area contributed by atoms with E-state index in [1.807, 2.05) is 146 Å². The highest BCUT2D eigenvalue weighted by Gasteiger charge is 2.44. The van der Waals surface area contributed by atoms with E-state index in [-0.39, 0.29) is 32.5 Å². The summed E-state index contributed by atoms with van der Waals surface area (Å²) >= 11 is 0. The summed E-state index contributed by atoms with van der Waals surface area (Å²) in [4.78, 5) is 3.50. The van der Waals surface area contributed by atoms with Crippen molar-refractivity contribution >= 4 is 40.9 Å². The van der Waals surface area contributed by atoms with Crippen molar-refractivity contribution in [2.45, 2.75) is 198 Å². The lowest BCUT2D eigenvalue weighted by atomic mass is 9.87. The second-order valence-electron chi connectivity index (χ2n) is 25.8. The van der Waals surface area contributed by atoms with Crippen LogP contribution in [0.4, 0.5) is 4.39 Å². The summed E-state index contributed by atoms with van der Waals surface area (Å²) in [5.74, 6) is -0.950. The number of halogens is 1. The van der Waals surface area contributed by atoms with Crippen LogP contribution in [-0.2, 0) is 60.0 Å². The molecule has 6 aromatic carbocycles. The first-order valence-corrected chi connectivity index (χ1v) is 31.8. The zero-order valence-electron chi connectivity index (χ0n) is 47.3. The van der Waals surface area contributed by atoms with Crippen molar-refractivity contribution in [1.29, 1.82) is 0 Å². The van der Waals surface area contributed by atoms with Gasteiger partial charge in [0.05, 0.1) is 5.75 Å². The van der Waals surface area contributed by atoms with Crippen LogP contribution in [-0.4, -0.2) is 28.1 Å². The smallest absolute Gasteiger partial charge is 0.227 e. The van der Waals surface area contributed by atoms with Gasteiger partial charge in [0, 0.05) is 35.8 Å². The molecule has 0 aromatic heterocycles. The van der Waals surface area contributed by atoms with E-state index in [1.165, 1.54) is 0 Å². The van der Waals surface area contributed by atoms with E-state index < -0.39 is 58.5 Å². The third-order valence-electron chi connectivity index (χ3n) is 13.6. The molecular formula is C63H83FO6S4. The van der Waals surface area contributed by atoms with Gasteiger partial charge in [-0.1, -0.05) is 197 Å². The first-order chi connectivity index (χ1) is 33.8. The third-order valence-corrected chi connectivity index (χ3v) is 24.1. The van der Waals surface area contributed by atoms with Gasteiger partial charge in [-0.3, -0.25) is 0 Å². The number of alkyl halides is 1. The molecular weight excluding hydrogens is 1000 g/mol. The zero-order chi connectivity index (χ0) is 55.3. The van der Waals surface area contributed by atoms with Gasteiger partial charge in [-0.05, 0) is 159 Å². The van der Waals surface area contributed by atoms with E-state index in [4.69, 9.17) is 7.26 Å². The standard InChI is InChI=1S/C63H83FO6S4/c1-58(2,3)45-19-31-51(32-20-45)72(52-33-21-46(22-34-52)59(4,5)6,53-35-23-47(24-36-53)60(7,8)9)69-71(65,66)44-43-57(64)74(67,68)70-73(54-37-25-48(26-38-54)61(10,11)12,55-39-27-49(28-40-55)62(13,14)15)56-41-29-50(30-42-56)63(16,17)18/h19-42,57H,43-44H2,1-18H3. The molecule has 0 amide bonds. The lowest BCUT2D eigenvalue weighted by molar-refractivity contribution is 0.375. The fourth-order valence-corrected chi connectivity index (χ4v) is 19.4. The molecule has 0 aliphatic carbocycles. The van der Waals surface area contributed by atoms with Crippen LogP contribution in [0, 0.1) is 0 Å². The Balaban J connectivity index is 1.49. The Hall–Kier alpha value is -4.23. The van der Waals surface area contributed by atoms with Crippen molar-refractivity contribution < 1.29 is 28.5 Å². The SMILES string of the molecule is CC(C)(C)c1ccc(S(OS(=O)(=O)CCC(F)S(=O)(=O)OS(c2ccc(C(C)(C)C)cc2)(c2ccc(C(C)(C)C)cc2)c2ccc(C(C)(C)C)cc2)(c2ccc(C(C)(C)C)cc2)c2ccc(C(C)(C)C)cc2)cc1. The first-order valence-electron chi connectivity index (χ1n) is 25.6. The van der Waals surface area contributed by atoms with Gasteiger partial charge >= 0.3 is 10.1 Å². The molecule has 11 heteroatoms. The maximum absolute atomic E-state index is 17.3. The van der Waals surface area contributed by atoms with Crippen LogP contribution in [0.1, 0.15) is 164 Å². The van der Waals surface area contributed by atoms with Gasteiger partial charge in [0.2, 0.25) is 5.50 Å². The second-order valence-corrected chi connectivity index (χ2v) is 35.0. The highest BCUT2D eigenvalue weighted by atomic mass is 32.3. The summed E-state index contributed by atoms with van der Waals surface area (Å²) in [6.07, 6.45) is -0.945. The van der Waals surface area contributed by atoms with E-state index in [2.05, 4.69) is 125 Å². The quantitative estimate of drug-likeness (QED) is 0.108. The van der Waals surface area contributed by atoms with Gasteiger partial charge in [0.25, 0.3) is 10.1 Å². The Bertz CT molecular complexity index is 2810. The van der Waals surface area contributed by atoms with Crippen LogP contribution in [0.25, 0.3) is 0 Å². The van der Waals surface area contributed by atoms with Crippen LogP contribution in [0.5, 0.6) is 0 Å². The summed E-state index contributed by atoms with van der Waals surface area (Å²) in [6, 6.07) is 46.6. The van der Waals surface area contributed by atoms with Gasteiger partial charge < -0.3 is 0 Å². The number of hydrogen-bond donors (Lipinski definition) is 0. The topological polar surface area (TPSA) is 86.7 Å². The summed E-state index contributed by atoms with van der Waals surface area (Å²) in [5, 5.41) is 0. The fourth-order valence-electron chi connectivity index (χ4n) is 8.69. The first kappa shape index (κ1) is 59.0. The predicted molar refractivity (Wildman–Crippen MR) is 310 cm³/mol. The minimum atomic E-state index is -5.20. The summed E-state index contributed by atoms with van der Waals surface area (Å²) in [7, 11) is -16.3. The van der Waals surface area contributed by atoms with E-state index >= 15 is 4.39 Å². The van der Waals surface area contributed by atoms with E-state index in [1.54, 1.807) is 0 Å². The van der Waals surface area contributed by atoms with Crippen LogP contribution in [0.3, 0.4) is 0 Å². The maximum Gasteiger partial charge on any atom is 0.310 e. The molecule has 0 bridgehead atoms. The summed E-state index contributed by atoms with van der Waals surface area (Å²) in [6.45, 7) is 38.0. The molecule has 0 spiro atoms. The largest absolute Gasteiger partial charge is 0.310 e. The lowest BCUT2D eigenvalue weighted by Crippen LogP contribution is -2.26. The van der Waals surface area contributed by atoms with Crippen LogP contribution in [0.2, 0.25) is 0 Å². The van der Waals surface area contributed by atoms with Crippen molar-refractivity contribution in [3.8, 4) is 0 Å². The Labute approximate surface area is 449 Å². The molecule has 1 atom stereocenters. The van der Waals surface area contributed by atoms with E-state index in [9.17, 15) is 16.8 Å². The molecule has 6 nitrogen and oxygen atoms in total. The molecule has 6 aromatic rings. The molecule has 74 heavy (non-hydrogen) atoms. The average molecular weight is 1080 g/mol. The normalized spacial score (nSPS) is 14.7. The monoisotopic (exact) mass is 1080 g/mol. The molecule has 0 N–H and O–H groups in total. The van der Waals surface area contributed by atoms with Crippen molar-refractivity contribution in [3.63, 3.8) is 0 Å². The minimum absolute atomic E-state index is 0.198. The van der Waals surface area contributed by atoms with Gasteiger partial charge in [-0.25, -0.2) is 11.6 Å². The van der Waals surface area contributed by atoms with Crippen molar-refractivity contribution in [2.75, 3.05) is 5.75 Å². The van der Waals surface area contributed by atoms with Crippen molar-refractivity contribution in [1.82, 2.24) is 0 Å².